The molecule has 0 bridgehead atoms. The van der Waals surface area contributed by atoms with Gasteiger partial charge in [0.1, 0.15) is 22.7 Å². The molecule has 2 heterocycles. The highest BCUT2D eigenvalue weighted by atomic mass is 16.6. The summed E-state index contributed by atoms with van der Waals surface area (Å²) in [6.45, 7) is 3.76. The number of carbonyl (C=O) groups is 1. The summed E-state index contributed by atoms with van der Waals surface area (Å²) < 4.78 is 16.7. The molecule has 140 valence electrons. The number of benzene rings is 2. The Bertz CT molecular complexity index is 1140. The number of nitrogens with zero attached hydrogens (tertiary/aromatic N) is 2. The molecule has 6 heteroatoms. The fourth-order valence-corrected chi connectivity index (χ4v) is 2.75. The maximum Gasteiger partial charge on any atom is 0.349 e. The van der Waals surface area contributed by atoms with Crippen molar-refractivity contribution in [2.24, 2.45) is 0 Å². The van der Waals surface area contributed by atoms with Gasteiger partial charge in [0.25, 0.3) is 0 Å². The maximum atomic E-state index is 12.1. The third kappa shape index (κ3) is 3.71. The van der Waals surface area contributed by atoms with Crippen molar-refractivity contribution >= 4 is 17.1 Å². The third-order valence-electron chi connectivity index (χ3n) is 4.38. The van der Waals surface area contributed by atoms with E-state index in [0.29, 0.717) is 34.2 Å². The van der Waals surface area contributed by atoms with Gasteiger partial charge in [-0.2, -0.15) is 0 Å². The van der Waals surface area contributed by atoms with E-state index in [2.05, 4.69) is 9.97 Å². The Hall–Kier alpha value is -3.67. The number of aromatic nitrogens is 2. The molecule has 0 saturated heterocycles. The summed E-state index contributed by atoms with van der Waals surface area (Å²) in [5.41, 5.74) is 3.92. The van der Waals surface area contributed by atoms with Gasteiger partial charge < -0.3 is 13.9 Å². The van der Waals surface area contributed by atoms with Gasteiger partial charge >= 0.3 is 5.97 Å². The number of aryl methyl sites for hydroxylation is 1. The van der Waals surface area contributed by atoms with Crippen molar-refractivity contribution in [1.29, 1.82) is 0 Å². The lowest BCUT2D eigenvalue weighted by molar-refractivity contribution is -0.136. The molecule has 0 aliphatic rings. The molecule has 0 radical (unpaired) electrons. The van der Waals surface area contributed by atoms with Crippen LogP contribution in [0.15, 0.2) is 65.2 Å². The zero-order chi connectivity index (χ0) is 19.5. The van der Waals surface area contributed by atoms with Gasteiger partial charge in [-0.1, -0.05) is 18.2 Å². The number of carbonyl (C=O) groups excluding carboxylic acids is 1. The standard InChI is InChI=1S/C22H18N2O4/c1-14-6-5-8-19(15(14)2)26-13-21(25)27-16-9-10-17-20(12-16)28-22(24-17)18-7-3-4-11-23-18/h3-12H,13H2,1-2H3. The smallest absolute Gasteiger partial charge is 0.349 e. The molecular formula is C22H18N2O4. The second kappa shape index (κ2) is 7.52. The molecule has 28 heavy (non-hydrogen) atoms. The summed E-state index contributed by atoms with van der Waals surface area (Å²) in [4.78, 5) is 20.8. The number of pyridine rings is 1. The highest BCUT2D eigenvalue weighted by Crippen LogP contribution is 2.26. The van der Waals surface area contributed by atoms with Gasteiger partial charge in [0.05, 0.1) is 0 Å². The van der Waals surface area contributed by atoms with Gasteiger partial charge in [0.15, 0.2) is 12.2 Å². The second-order valence-electron chi connectivity index (χ2n) is 6.32. The number of hydrogen-bond donors (Lipinski definition) is 0. The largest absolute Gasteiger partial charge is 0.482 e. The Morgan fingerprint density at radius 2 is 1.96 bits per heavy atom. The van der Waals surface area contributed by atoms with Crippen LogP contribution in [0.25, 0.3) is 22.7 Å². The van der Waals surface area contributed by atoms with Crippen molar-refractivity contribution in [3.05, 3.63) is 71.9 Å². The number of hydrogen-bond acceptors (Lipinski definition) is 6. The van der Waals surface area contributed by atoms with Gasteiger partial charge in [-0.3, -0.25) is 4.98 Å². The summed E-state index contributed by atoms with van der Waals surface area (Å²) in [6.07, 6.45) is 1.67. The molecule has 6 nitrogen and oxygen atoms in total. The van der Waals surface area contributed by atoms with Crippen LogP contribution in [0.1, 0.15) is 11.1 Å². The zero-order valence-electron chi connectivity index (χ0n) is 15.5. The van der Waals surface area contributed by atoms with Crippen molar-refractivity contribution < 1.29 is 18.7 Å². The first kappa shape index (κ1) is 17.7. The van der Waals surface area contributed by atoms with Crippen molar-refractivity contribution in [2.75, 3.05) is 6.61 Å². The molecule has 0 saturated carbocycles. The van der Waals surface area contributed by atoms with Gasteiger partial charge in [-0.05, 0) is 55.3 Å². The Labute approximate surface area is 161 Å². The Kier molecular flexibility index (Phi) is 4.76. The Morgan fingerprint density at radius 1 is 1.07 bits per heavy atom. The van der Waals surface area contributed by atoms with Crippen molar-refractivity contribution in [2.45, 2.75) is 13.8 Å². The molecule has 4 rings (SSSR count). The molecule has 0 fully saturated rings. The normalized spacial score (nSPS) is 10.8. The van der Waals surface area contributed by atoms with Crippen LogP contribution in [0.3, 0.4) is 0 Å². The van der Waals surface area contributed by atoms with Crippen LogP contribution in [0, 0.1) is 13.8 Å². The van der Waals surface area contributed by atoms with Crippen LogP contribution in [-0.2, 0) is 4.79 Å². The van der Waals surface area contributed by atoms with E-state index >= 15 is 0 Å². The summed E-state index contributed by atoms with van der Waals surface area (Å²) >= 11 is 0. The quantitative estimate of drug-likeness (QED) is 0.378. The molecule has 4 aromatic rings. The molecule has 0 aliphatic carbocycles. The molecular weight excluding hydrogens is 356 g/mol. The maximum absolute atomic E-state index is 12.1. The van der Waals surface area contributed by atoms with E-state index in [4.69, 9.17) is 13.9 Å². The fraction of sp³-hybridized carbons (Fsp3) is 0.136. The molecule has 0 amide bonds. The average molecular weight is 374 g/mol. The molecule has 0 atom stereocenters. The van der Waals surface area contributed by atoms with Crippen LogP contribution in [0.2, 0.25) is 0 Å². The average Bonchev–Trinajstić information content (AvgIpc) is 3.13. The first-order chi connectivity index (χ1) is 13.6. The van der Waals surface area contributed by atoms with E-state index < -0.39 is 5.97 Å². The van der Waals surface area contributed by atoms with E-state index in [1.807, 2.05) is 50.2 Å². The van der Waals surface area contributed by atoms with Crippen LogP contribution >= 0.6 is 0 Å². The molecule has 0 spiro atoms. The summed E-state index contributed by atoms with van der Waals surface area (Å²) in [5, 5.41) is 0. The van der Waals surface area contributed by atoms with Crippen LogP contribution in [-0.4, -0.2) is 22.5 Å². The predicted molar refractivity (Wildman–Crippen MR) is 104 cm³/mol. The molecule has 0 unspecified atom stereocenters. The van der Waals surface area contributed by atoms with E-state index in [1.54, 1.807) is 24.4 Å². The lowest BCUT2D eigenvalue weighted by atomic mass is 10.1. The van der Waals surface area contributed by atoms with E-state index in [1.165, 1.54) is 0 Å². The number of oxazole rings is 1. The summed E-state index contributed by atoms with van der Waals surface area (Å²) in [7, 11) is 0. The predicted octanol–water partition coefficient (Wildman–Crippen LogP) is 4.49. The first-order valence-corrected chi connectivity index (χ1v) is 8.82. The topological polar surface area (TPSA) is 74.5 Å². The molecule has 0 N–H and O–H groups in total. The summed E-state index contributed by atoms with van der Waals surface area (Å²) in [6, 6.07) is 16.2. The number of rotatable bonds is 5. The second-order valence-corrected chi connectivity index (χ2v) is 6.32. The van der Waals surface area contributed by atoms with E-state index in [0.717, 1.165) is 11.1 Å². The fourth-order valence-electron chi connectivity index (χ4n) is 2.75. The Morgan fingerprint density at radius 3 is 2.79 bits per heavy atom. The van der Waals surface area contributed by atoms with Gasteiger partial charge in [-0.25, -0.2) is 9.78 Å². The minimum Gasteiger partial charge on any atom is -0.482 e. The van der Waals surface area contributed by atoms with E-state index in [-0.39, 0.29) is 6.61 Å². The Balaban J connectivity index is 1.45. The molecule has 2 aromatic heterocycles. The SMILES string of the molecule is Cc1cccc(OCC(=O)Oc2ccc3nc(-c4ccccn4)oc3c2)c1C. The van der Waals surface area contributed by atoms with Gasteiger partial charge in [0.2, 0.25) is 5.89 Å². The van der Waals surface area contributed by atoms with Crippen LogP contribution in [0.5, 0.6) is 11.5 Å². The monoisotopic (exact) mass is 374 g/mol. The van der Waals surface area contributed by atoms with Crippen molar-refractivity contribution in [3.8, 4) is 23.1 Å². The minimum atomic E-state index is -0.496. The first-order valence-electron chi connectivity index (χ1n) is 8.82. The van der Waals surface area contributed by atoms with Crippen molar-refractivity contribution in [3.63, 3.8) is 0 Å². The van der Waals surface area contributed by atoms with E-state index in [9.17, 15) is 4.79 Å². The number of esters is 1. The third-order valence-corrected chi connectivity index (χ3v) is 4.38. The highest BCUT2D eigenvalue weighted by molar-refractivity contribution is 5.79. The van der Waals surface area contributed by atoms with Gasteiger partial charge in [-0.15, -0.1) is 0 Å². The zero-order valence-corrected chi connectivity index (χ0v) is 15.5. The van der Waals surface area contributed by atoms with Gasteiger partial charge in [0, 0.05) is 12.3 Å². The van der Waals surface area contributed by atoms with Crippen LogP contribution < -0.4 is 9.47 Å². The number of ether oxygens (including phenoxy) is 2. The summed E-state index contributed by atoms with van der Waals surface area (Å²) in [5.74, 6) is 0.954. The lowest BCUT2D eigenvalue weighted by Crippen LogP contribution is -2.18. The molecule has 0 aliphatic heterocycles. The highest BCUT2D eigenvalue weighted by Gasteiger charge is 2.12. The van der Waals surface area contributed by atoms with Crippen LogP contribution in [0.4, 0.5) is 0 Å². The number of fused-ring (bicyclic) bond motifs is 1. The van der Waals surface area contributed by atoms with Crippen molar-refractivity contribution in [1.82, 2.24) is 9.97 Å². The molecule has 2 aromatic carbocycles. The minimum absolute atomic E-state index is 0.183. The lowest BCUT2D eigenvalue weighted by Gasteiger charge is -2.10.